The molecular formula is C11H12FN5O. The Kier molecular flexibility index (Phi) is 3.13. The minimum absolute atomic E-state index is 0.0146. The van der Waals surface area contributed by atoms with Crippen LogP contribution in [0.15, 0.2) is 24.3 Å². The Bertz CT molecular complexity index is 555. The maximum atomic E-state index is 13.6. The van der Waals surface area contributed by atoms with Gasteiger partial charge in [0.15, 0.2) is 0 Å². The molecule has 18 heavy (non-hydrogen) atoms. The number of hydrogen-bond donors (Lipinski definition) is 3. The lowest BCUT2D eigenvalue weighted by atomic mass is 10.3. The Labute approximate surface area is 103 Å². The highest BCUT2D eigenvalue weighted by molar-refractivity contribution is 5.61. The van der Waals surface area contributed by atoms with Crippen LogP contribution in [-0.2, 0) is 0 Å². The van der Waals surface area contributed by atoms with Gasteiger partial charge in [-0.25, -0.2) is 4.39 Å². The van der Waals surface area contributed by atoms with Crippen molar-refractivity contribution in [1.82, 2.24) is 9.97 Å². The largest absolute Gasteiger partial charge is 0.497 e. The molecule has 0 aliphatic rings. The fourth-order valence-electron chi connectivity index (χ4n) is 1.41. The zero-order valence-electron chi connectivity index (χ0n) is 9.64. The lowest BCUT2D eigenvalue weighted by molar-refractivity contribution is 0.414. The van der Waals surface area contributed by atoms with Crippen molar-refractivity contribution in [2.24, 2.45) is 0 Å². The number of nitrogens with zero attached hydrogens (tertiary/aromatic N) is 2. The number of halogens is 1. The Morgan fingerprint density at radius 2 is 2.00 bits per heavy atom. The van der Waals surface area contributed by atoms with Gasteiger partial charge in [-0.3, -0.25) is 0 Å². The highest BCUT2D eigenvalue weighted by Crippen LogP contribution is 2.24. The summed E-state index contributed by atoms with van der Waals surface area (Å²) in [5.74, 6) is 0.613. The summed E-state index contributed by atoms with van der Waals surface area (Å²) in [5, 5.41) is 2.76. The third kappa shape index (κ3) is 2.57. The lowest BCUT2D eigenvalue weighted by Crippen LogP contribution is -2.03. The molecule has 2 aromatic rings. The summed E-state index contributed by atoms with van der Waals surface area (Å²) >= 11 is 0. The Balaban J connectivity index is 2.33. The van der Waals surface area contributed by atoms with Gasteiger partial charge in [0.1, 0.15) is 23.2 Å². The first-order valence-electron chi connectivity index (χ1n) is 5.09. The molecule has 1 heterocycles. The van der Waals surface area contributed by atoms with Gasteiger partial charge in [0.05, 0.1) is 12.8 Å². The van der Waals surface area contributed by atoms with Crippen LogP contribution in [0, 0.1) is 5.82 Å². The van der Waals surface area contributed by atoms with Crippen LogP contribution in [-0.4, -0.2) is 17.1 Å². The zero-order valence-corrected chi connectivity index (χ0v) is 9.64. The third-order valence-corrected chi connectivity index (χ3v) is 2.20. The van der Waals surface area contributed by atoms with E-state index in [2.05, 4.69) is 15.3 Å². The van der Waals surface area contributed by atoms with Gasteiger partial charge in [-0.2, -0.15) is 9.97 Å². The van der Waals surface area contributed by atoms with Crippen LogP contribution in [0.25, 0.3) is 0 Å². The van der Waals surface area contributed by atoms with Gasteiger partial charge in [0.2, 0.25) is 5.95 Å². The molecular weight excluding hydrogens is 237 g/mol. The monoisotopic (exact) mass is 249 g/mol. The molecule has 0 amide bonds. The second kappa shape index (κ2) is 4.74. The molecule has 0 bridgehead atoms. The summed E-state index contributed by atoms with van der Waals surface area (Å²) in [6.07, 6.45) is 0. The maximum Gasteiger partial charge on any atom is 0.223 e. The first-order chi connectivity index (χ1) is 8.58. The molecule has 94 valence electrons. The standard InChI is InChI=1S/C11H12FN5O/c1-18-6-2-3-7(12)8(4-6)15-10-5-9(13)16-11(14)17-10/h2-5H,1H3,(H5,13,14,15,16,17). The number of nitrogen functional groups attached to an aromatic ring is 2. The quantitative estimate of drug-likeness (QED) is 0.763. The molecule has 2 rings (SSSR count). The summed E-state index contributed by atoms with van der Waals surface area (Å²) < 4.78 is 18.6. The number of methoxy groups -OCH3 is 1. The molecule has 6 nitrogen and oxygen atoms in total. The average molecular weight is 249 g/mol. The van der Waals surface area contributed by atoms with Crippen LogP contribution in [0.1, 0.15) is 0 Å². The Morgan fingerprint density at radius 1 is 1.22 bits per heavy atom. The molecule has 0 aliphatic carbocycles. The van der Waals surface area contributed by atoms with Crippen molar-refractivity contribution >= 4 is 23.3 Å². The number of rotatable bonds is 3. The van der Waals surface area contributed by atoms with Gasteiger partial charge in [-0.1, -0.05) is 0 Å². The number of hydrogen-bond acceptors (Lipinski definition) is 6. The van der Waals surface area contributed by atoms with Gasteiger partial charge in [0, 0.05) is 12.1 Å². The first-order valence-corrected chi connectivity index (χ1v) is 5.09. The van der Waals surface area contributed by atoms with E-state index >= 15 is 0 Å². The van der Waals surface area contributed by atoms with E-state index in [1.54, 1.807) is 0 Å². The predicted octanol–water partition coefficient (Wildman–Crippen LogP) is 1.53. The second-order valence-corrected chi connectivity index (χ2v) is 3.51. The Hall–Kier alpha value is -2.57. The smallest absolute Gasteiger partial charge is 0.223 e. The van der Waals surface area contributed by atoms with Crippen LogP contribution < -0.4 is 21.5 Å². The van der Waals surface area contributed by atoms with Gasteiger partial charge >= 0.3 is 0 Å². The number of aromatic nitrogens is 2. The number of anilines is 4. The highest BCUT2D eigenvalue weighted by Gasteiger charge is 2.06. The molecule has 1 aromatic heterocycles. The fraction of sp³-hybridized carbons (Fsp3) is 0.0909. The summed E-state index contributed by atoms with van der Waals surface area (Å²) in [7, 11) is 1.50. The average Bonchev–Trinajstić information content (AvgIpc) is 2.30. The van der Waals surface area contributed by atoms with E-state index in [9.17, 15) is 4.39 Å². The molecule has 0 aliphatic heterocycles. The SMILES string of the molecule is COc1ccc(F)c(Nc2cc(N)nc(N)n2)c1. The molecule has 0 unspecified atom stereocenters. The van der Waals surface area contributed by atoms with Gasteiger partial charge in [-0.05, 0) is 12.1 Å². The van der Waals surface area contributed by atoms with E-state index in [-0.39, 0.29) is 17.5 Å². The van der Waals surface area contributed by atoms with Crippen molar-refractivity contribution in [3.8, 4) is 5.75 Å². The third-order valence-electron chi connectivity index (χ3n) is 2.20. The molecule has 0 atom stereocenters. The van der Waals surface area contributed by atoms with E-state index in [4.69, 9.17) is 16.2 Å². The summed E-state index contributed by atoms with van der Waals surface area (Å²) in [5.41, 5.74) is 11.2. The molecule has 5 N–H and O–H groups in total. The van der Waals surface area contributed by atoms with Crippen molar-refractivity contribution in [3.05, 3.63) is 30.1 Å². The fourth-order valence-corrected chi connectivity index (χ4v) is 1.41. The van der Waals surface area contributed by atoms with Crippen molar-refractivity contribution in [1.29, 1.82) is 0 Å². The van der Waals surface area contributed by atoms with Gasteiger partial charge in [0.25, 0.3) is 0 Å². The van der Waals surface area contributed by atoms with Gasteiger partial charge < -0.3 is 21.5 Å². The summed E-state index contributed by atoms with van der Waals surface area (Å²) in [4.78, 5) is 7.61. The van der Waals surface area contributed by atoms with Crippen LogP contribution in [0.3, 0.4) is 0 Å². The lowest BCUT2D eigenvalue weighted by Gasteiger charge is -2.09. The van der Waals surface area contributed by atoms with E-state index < -0.39 is 5.82 Å². The molecule has 0 spiro atoms. The van der Waals surface area contributed by atoms with E-state index in [1.165, 1.54) is 31.4 Å². The summed E-state index contributed by atoms with van der Waals surface area (Å²) in [6, 6.07) is 5.76. The molecule has 0 fully saturated rings. The van der Waals surface area contributed by atoms with E-state index in [0.717, 1.165) is 0 Å². The molecule has 0 saturated heterocycles. The number of ether oxygens (including phenoxy) is 1. The molecule has 1 aromatic carbocycles. The summed E-state index contributed by atoms with van der Waals surface area (Å²) in [6.45, 7) is 0. The van der Waals surface area contributed by atoms with Crippen LogP contribution in [0.2, 0.25) is 0 Å². The van der Waals surface area contributed by atoms with E-state index in [1.807, 2.05) is 0 Å². The zero-order chi connectivity index (χ0) is 13.1. The highest BCUT2D eigenvalue weighted by atomic mass is 19.1. The van der Waals surface area contributed by atoms with Crippen molar-refractivity contribution < 1.29 is 9.13 Å². The van der Waals surface area contributed by atoms with Crippen molar-refractivity contribution in [2.45, 2.75) is 0 Å². The van der Waals surface area contributed by atoms with E-state index in [0.29, 0.717) is 11.6 Å². The van der Waals surface area contributed by atoms with Crippen molar-refractivity contribution in [2.75, 3.05) is 23.9 Å². The molecule has 0 saturated carbocycles. The topological polar surface area (TPSA) is 99.1 Å². The van der Waals surface area contributed by atoms with Crippen LogP contribution in [0.5, 0.6) is 5.75 Å². The van der Waals surface area contributed by atoms with Gasteiger partial charge in [-0.15, -0.1) is 0 Å². The van der Waals surface area contributed by atoms with Crippen LogP contribution >= 0.6 is 0 Å². The minimum Gasteiger partial charge on any atom is -0.497 e. The maximum absolute atomic E-state index is 13.6. The second-order valence-electron chi connectivity index (χ2n) is 3.51. The molecule has 7 heteroatoms. The predicted molar refractivity (Wildman–Crippen MR) is 67.1 cm³/mol. The van der Waals surface area contributed by atoms with Crippen LogP contribution in [0.4, 0.5) is 27.7 Å². The Morgan fingerprint density at radius 3 is 2.67 bits per heavy atom. The molecule has 0 radical (unpaired) electrons. The number of nitrogens with two attached hydrogens (primary N) is 2. The first kappa shape index (κ1) is 11.9. The number of nitrogens with one attached hydrogen (secondary N) is 1. The normalized spacial score (nSPS) is 10.1. The minimum atomic E-state index is -0.438. The van der Waals surface area contributed by atoms with Crippen molar-refractivity contribution in [3.63, 3.8) is 0 Å². The number of benzene rings is 1.